The van der Waals surface area contributed by atoms with Gasteiger partial charge in [-0.15, -0.1) is 12.4 Å². The van der Waals surface area contributed by atoms with Crippen molar-refractivity contribution in [1.82, 2.24) is 24.8 Å². The fraction of sp³-hybridized carbons (Fsp3) is 0.360. The largest absolute Gasteiger partial charge is 0.341 e. The Morgan fingerprint density at radius 3 is 2.43 bits per heavy atom. The average molecular weight is 518 g/mol. The summed E-state index contributed by atoms with van der Waals surface area (Å²) in [6.45, 7) is 3.75. The highest BCUT2D eigenvalue weighted by molar-refractivity contribution is 6.33. The quantitative estimate of drug-likeness (QED) is 0.453. The van der Waals surface area contributed by atoms with E-state index in [4.69, 9.17) is 16.1 Å². The van der Waals surface area contributed by atoms with E-state index in [0.717, 1.165) is 5.56 Å². The Kier molecular flexibility index (Phi) is 9.65. The molecule has 35 heavy (non-hydrogen) atoms. The topological polar surface area (TPSA) is 82.8 Å². The number of hydrogen-bond acceptors (Lipinski definition) is 6. The molecule has 1 saturated heterocycles. The molecule has 0 N–H and O–H groups in total. The molecule has 4 rings (SSSR count). The van der Waals surface area contributed by atoms with E-state index in [0.29, 0.717) is 74.4 Å². The molecule has 2 aromatic carbocycles. The van der Waals surface area contributed by atoms with Gasteiger partial charge in [-0.25, -0.2) is 0 Å². The molecule has 0 unspecified atom stereocenters. The Hall–Kier alpha value is -2.94. The molecule has 0 radical (unpaired) electrons. The van der Waals surface area contributed by atoms with Gasteiger partial charge in [0, 0.05) is 52.6 Å². The lowest BCUT2D eigenvalue weighted by Gasteiger charge is -2.34. The lowest BCUT2D eigenvalue weighted by atomic mass is 10.2. The summed E-state index contributed by atoms with van der Waals surface area (Å²) in [6.07, 6.45) is 0.721. The van der Waals surface area contributed by atoms with Crippen molar-refractivity contribution in [1.29, 1.82) is 0 Å². The van der Waals surface area contributed by atoms with Gasteiger partial charge >= 0.3 is 0 Å². The molecule has 0 saturated carbocycles. The highest BCUT2D eigenvalue weighted by Gasteiger charge is 2.24. The van der Waals surface area contributed by atoms with E-state index in [1.807, 2.05) is 47.4 Å². The first-order chi connectivity index (χ1) is 16.5. The first-order valence-electron chi connectivity index (χ1n) is 11.3. The van der Waals surface area contributed by atoms with Crippen molar-refractivity contribution >= 4 is 35.8 Å². The van der Waals surface area contributed by atoms with E-state index in [2.05, 4.69) is 15.0 Å². The van der Waals surface area contributed by atoms with Crippen molar-refractivity contribution in [3.8, 4) is 0 Å². The normalized spacial score (nSPS) is 13.8. The molecule has 186 valence electrons. The SMILES string of the molecule is CN(Cc1ccccc1)C(=O)CCc1nc(CN2CCN(C(=O)c3ccccc3Cl)CC2)no1.Cl. The molecule has 0 aliphatic carbocycles. The third-order valence-corrected chi connectivity index (χ3v) is 6.21. The summed E-state index contributed by atoms with van der Waals surface area (Å²) in [6, 6.07) is 17.0. The minimum atomic E-state index is -0.0472. The molecule has 3 aromatic rings. The summed E-state index contributed by atoms with van der Waals surface area (Å²) in [5.41, 5.74) is 1.62. The molecule has 2 heterocycles. The molecule has 2 amide bonds. The van der Waals surface area contributed by atoms with Gasteiger partial charge in [-0.3, -0.25) is 14.5 Å². The van der Waals surface area contributed by atoms with Gasteiger partial charge in [0.1, 0.15) is 0 Å². The number of amides is 2. The summed E-state index contributed by atoms with van der Waals surface area (Å²) in [7, 11) is 1.80. The van der Waals surface area contributed by atoms with Crippen molar-refractivity contribution in [3.63, 3.8) is 0 Å². The highest BCUT2D eigenvalue weighted by Crippen LogP contribution is 2.18. The van der Waals surface area contributed by atoms with Gasteiger partial charge in [0.05, 0.1) is 17.1 Å². The predicted octanol–water partition coefficient (Wildman–Crippen LogP) is 3.69. The van der Waals surface area contributed by atoms with E-state index in [1.54, 1.807) is 24.1 Å². The zero-order valence-electron chi connectivity index (χ0n) is 19.6. The van der Waals surface area contributed by atoms with Crippen LogP contribution in [-0.4, -0.2) is 69.9 Å². The Labute approximate surface area is 216 Å². The van der Waals surface area contributed by atoms with Crippen LogP contribution in [-0.2, 0) is 24.3 Å². The second-order valence-corrected chi connectivity index (χ2v) is 8.80. The van der Waals surface area contributed by atoms with Crippen LogP contribution in [0.4, 0.5) is 0 Å². The lowest BCUT2D eigenvalue weighted by Crippen LogP contribution is -2.48. The van der Waals surface area contributed by atoms with Crippen molar-refractivity contribution in [2.75, 3.05) is 33.2 Å². The molecule has 1 aromatic heterocycles. The van der Waals surface area contributed by atoms with E-state index < -0.39 is 0 Å². The molecular weight excluding hydrogens is 489 g/mol. The minimum absolute atomic E-state index is 0. The van der Waals surface area contributed by atoms with Gasteiger partial charge in [-0.2, -0.15) is 4.98 Å². The molecule has 0 bridgehead atoms. The third-order valence-electron chi connectivity index (χ3n) is 5.88. The zero-order valence-corrected chi connectivity index (χ0v) is 21.2. The summed E-state index contributed by atoms with van der Waals surface area (Å²) in [5, 5.41) is 4.53. The maximum atomic E-state index is 12.7. The monoisotopic (exact) mass is 517 g/mol. The molecule has 8 nitrogen and oxygen atoms in total. The number of carbonyl (C=O) groups excluding carboxylic acids is 2. The van der Waals surface area contributed by atoms with Gasteiger partial charge < -0.3 is 14.3 Å². The molecule has 1 aliphatic heterocycles. The Bertz CT molecular complexity index is 1120. The number of rotatable bonds is 8. The summed E-state index contributed by atoms with van der Waals surface area (Å²) >= 11 is 6.17. The molecule has 1 fully saturated rings. The van der Waals surface area contributed by atoms with Crippen molar-refractivity contribution in [2.24, 2.45) is 0 Å². The number of carbonyl (C=O) groups is 2. The van der Waals surface area contributed by atoms with Crippen molar-refractivity contribution in [3.05, 3.63) is 82.5 Å². The predicted molar refractivity (Wildman–Crippen MR) is 135 cm³/mol. The van der Waals surface area contributed by atoms with E-state index in [9.17, 15) is 9.59 Å². The fourth-order valence-electron chi connectivity index (χ4n) is 3.92. The van der Waals surface area contributed by atoms with Crippen LogP contribution in [0.25, 0.3) is 0 Å². The van der Waals surface area contributed by atoms with E-state index in [-0.39, 0.29) is 24.2 Å². The van der Waals surface area contributed by atoms with Gasteiger partial charge in [-0.05, 0) is 17.7 Å². The highest BCUT2D eigenvalue weighted by atomic mass is 35.5. The smallest absolute Gasteiger partial charge is 0.255 e. The van der Waals surface area contributed by atoms with Crippen LogP contribution < -0.4 is 0 Å². The standard InChI is InChI=1S/C25H28ClN5O3.ClH/c1-29(17-19-7-3-2-4-8-19)24(32)12-11-23-27-22(28-34-23)18-30-13-15-31(16-14-30)25(33)20-9-5-6-10-21(20)26;/h2-10H,11-18H2,1H3;1H. The average Bonchev–Trinajstić information content (AvgIpc) is 3.30. The van der Waals surface area contributed by atoms with Crippen LogP contribution in [0.1, 0.15) is 34.1 Å². The molecule has 1 aliphatic rings. The third kappa shape index (κ3) is 7.27. The zero-order chi connectivity index (χ0) is 23.9. The number of halogens is 2. The number of benzene rings is 2. The Morgan fingerprint density at radius 2 is 1.71 bits per heavy atom. The van der Waals surface area contributed by atoms with Crippen LogP contribution >= 0.6 is 24.0 Å². The Morgan fingerprint density at radius 1 is 1.03 bits per heavy atom. The van der Waals surface area contributed by atoms with Crippen LogP contribution in [0.5, 0.6) is 0 Å². The molecule has 10 heteroatoms. The molecule has 0 spiro atoms. The van der Waals surface area contributed by atoms with Crippen molar-refractivity contribution < 1.29 is 14.1 Å². The van der Waals surface area contributed by atoms with Crippen molar-refractivity contribution in [2.45, 2.75) is 25.9 Å². The fourth-order valence-corrected chi connectivity index (χ4v) is 4.14. The Balaban J connectivity index is 0.00000342. The molecule has 0 atom stereocenters. The number of hydrogen-bond donors (Lipinski definition) is 0. The number of nitrogens with zero attached hydrogens (tertiary/aromatic N) is 5. The summed E-state index contributed by atoms with van der Waals surface area (Å²) in [4.78, 5) is 35.3. The van der Waals surface area contributed by atoms with E-state index >= 15 is 0 Å². The van der Waals surface area contributed by atoms with E-state index in [1.165, 1.54) is 0 Å². The second-order valence-electron chi connectivity index (χ2n) is 8.39. The maximum absolute atomic E-state index is 12.7. The van der Waals surface area contributed by atoms with Gasteiger partial charge in [-0.1, -0.05) is 59.2 Å². The number of piperazine rings is 1. The van der Waals surface area contributed by atoms with Gasteiger partial charge in [0.2, 0.25) is 11.8 Å². The number of aryl methyl sites for hydroxylation is 1. The van der Waals surface area contributed by atoms with Crippen LogP contribution in [0.3, 0.4) is 0 Å². The van der Waals surface area contributed by atoms with Crippen LogP contribution in [0, 0.1) is 0 Å². The first-order valence-corrected chi connectivity index (χ1v) is 11.7. The minimum Gasteiger partial charge on any atom is -0.341 e. The summed E-state index contributed by atoms with van der Waals surface area (Å²) in [5.74, 6) is 1.03. The van der Waals surface area contributed by atoms with Crippen LogP contribution in [0.2, 0.25) is 5.02 Å². The lowest BCUT2D eigenvalue weighted by molar-refractivity contribution is -0.130. The van der Waals surface area contributed by atoms with Gasteiger partial charge in [0.15, 0.2) is 5.82 Å². The second kappa shape index (κ2) is 12.7. The first kappa shape index (κ1) is 26.7. The maximum Gasteiger partial charge on any atom is 0.255 e. The molecular formula is C25H29Cl2N5O3. The number of aromatic nitrogens is 2. The van der Waals surface area contributed by atoms with Crippen LogP contribution in [0.15, 0.2) is 59.1 Å². The summed E-state index contributed by atoms with van der Waals surface area (Å²) < 4.78 is 5.35. The van der Waals surface area contributed by atoms with Gasteiger partial charge in [0.25, 0.3) is 5.91 Å².